The smallest absolute Gasteiger partial charge is 0.0634 e. The Bertz CT molecular complexity index is 409. The molecule has 0 bridgehead atoms. The van der Waals surface area contributed by atoms with Gasteiger partial charge in [-0.1, -0.05) is 0 Å². The Morgan fingerprint density at radius 1 is 0.767 bits per heavy atom. The molecule has 0 radical (unpaired) electrons. The van der Waals surface area contributed by atoms with E-state index in [1.165, 1.54) is 52.2 Å². The van der Waals surface area contributed by atoms with Gasteiger partial charge in [0, 0.05) is 85.2 Å². The van der Waals surface area contributed by atoms with E-state index in [1.807, 2.05) is 0 Å². The fourth-order valence-electron chi connectivity index (χ4n) is 4.10. The molecular formula is C22H48N6O2. The number of hydrogen-bond acceptors (Lipinski definition) is 8. The van der Waals surface area contributed by atoms with E-state index in [-0.39, 0.29) is 0 Å². The average molecular weight is 429 g/mol. The maximum absolute atomic E-state index is 6.01. The van der Waals surface area contributed by atoms with Gasteiger partial charge in [-0.15, -0.1) is 0 Å². The molecule has 2 fully saturated rings. The van der Waals surface area contributed by atoms with Crippen LogP contribution in [0.25, 0.3) is 0 Å². The summed E-state index contributed by atoms with van der Waals surface area (Å²) < 4.78 is 11.0. The number of piperazine rings is 2. The van der Waals surface area contributed by atoms with E-state index in [1.54, 1.807) is 7.11 Å². The number of hydrogen-bond donors (Lipinski definition) is 2. The van der Waals surface area contributed by atoms with Gasteiger partial charge in [-0.05, 0) is 46.6 Å². The zero-order valence-corrected chi connectivity index (χ0v) is 19.9. The van der Waals surface area contributed by atoms with E-state index in [0.717, 1.165) is 65.5 Å². The molecule has 0 aromatic rings. The van der Waals surface area contributed by atoms with Gasteiger partial charge in [0.1, 0.15) is 0 Å². The first-order valence-electron chi connectivity index (χ1n) is 12.0. The van der Waals surface area contributed by atoms with Crippen LogP contribution in [0.2, 0.25) is 0 Å². The van der Waals surface area contributed by atoms with E-state index in [9.17, 15) is 0 Å². The lowest BCUT2D eigenvalue weighted by Gasteiger charge is -2.39. The Balaban J connectivity index is 1.45. The van der Waals surface area contributed by atoms with Crippen molar-refractivity contribution in [3.8, 4) is 0 Å². The minimum atomic E-state index is 0.528. The summed E-state index contributed by atoms with van der Waals surface area (Å²) in [5.74, 6) is 0. The fraction of sp³-hybridized carbons (Fsp3) is 1.00. The Kier molecular flexibility index (Phi) is 14.1. The lowest BCUT2D eigenvalue weighted by Crippen LogP contribution is -2.53. The van der Waals surface area contributed by atoms with Crippen LogP contribution in [0.15, 0.2) is 0 Å². The molecule has 2 heterocycles. The molecule has 0 aromatic heterocycles. The van der Waals surface area contributed by atoms with Crippen molar-refractivity contribution in [1.82, 2.24) is 30.2 Å². The summed E-state index contributed by atoms with van der Waals surface area (Å²) in [7, 11) is 6.20. The Labute approximate surface area is 185 Å². The fourth-order valence-corrected chi connectivity index (χ4v) is 4.10. The third-order valence-corrected chi connectivity index (χ3v) is 6.32. The lowest BCUT2D eigenvalue weighted by molar-refractivity contribution is 0.0203. The highest BCUT2D eigenvalue weighted by Gasteiger charge is 2.24. The predicted molar refractivity (Wildman–Crippen MR) is 124 cm³/mol. The normalized spacial score (nSPS) is 22.7. The quantitative estimate of drug-likeness (QED) is 0.318. The molecule has 0 amide bonds. The molecular weight excluding hydrogens is 380 g/mol. The molecule has 0 aliphatic carbocycles. The van der Waals surface area contributed by atoms with Crippen LogP contribution in [0.1, 0.15) is 12.8 Å². The Hall–Kier alpha value is -0.320. The highest BCUT2D eigenvalue weighted by Crippen LogP contribution is 2.10. The molecule has 8 heteroatoms. The van der Waals surface area contributed by atoms with Crippen molar-refractivity contribution in [2.24, 2.45) is 0 Å². The van der Waals surface area contributed by atoms with Gasteiger partial charge in [-0.3, -0.25) is 4.90 Å². The van der Waals surface area contributed by atoms with E-state index in [0.29, 0.717) is 6.04 Å². The number of methoxy groups -OCH3 is 1. The van der Waals surface area contributed by atoms with Crippen molar-refractivity contribution in [1.29, 1.82) is 0 Å². The second-order valence-electron chi connectivity index (χ2n) is 8.85. The Morgan fingerprint density at radius 3 is 2.23 bits per heavy atom. The first-order chi connectivity index (χ1) is 14.7. The summed E-state index contributed by atoms with van der Waals surface area (Å²) in [6.45, 7) is 17.2. The van der Waals surface area contributed by atoms with Crippen LogP contribution in [0.3, 0.4) is 0 Å². The van der Waals surface area contributed by atoms with Gasteiger partial charge in [0.05, 0.1) is 13.2 Å². The molecule has 2 rings (SSSR count). The van der Waals surface area contributed by atoms with Crippen molar-refractivity contribution in [2.45, 2.75) is 18.9 Å². The molecule has 1 atom stereocenters. The van der Waals surface area contributed by atoms with Crippen molar-refractivity contribution in [3.05, 3.63) is 0 Å². The van der Waals surface area contributed by atoms with Crippen LogP contribution < -0.4 is 10.6 Å². The summed E-state index contributed by atoms with van der Waals surface area (Å²) in [5.41, 5.74) is 0. The largest absolute Gasteiger partial charge is 0.383 e. The van der Waals surface area contributed by atoms with Crippen molar-refractivity contribution >= 4 is 0 Å². The van der Waals surface area contributed by atoms with Crippen molar-refractivity contribution in [3.63, 3.8) is 0 Å². The van der Waals surface area contributed by atoms with Crippen LogP contribution in [-0.2, 0) is 9.47 Å². The van der Waals surface area contributed by atoms with Crippen LogP contribution >= 0.6 is 0 Å². The maximum Gasteiger partial charge on any atom is 0.0634 e. The van der Waals surface area contributed by atoms with Crippen molar-refractivity contribution in [2.75, 3.05) is 126 Å². The zero-order chi connectivity index (χ0) is 21.4. The second kappa shape index (κ2) is 16.3. The Morgan fingerprint density at radius 2 is 1.47 bits per heavy atom. The van der Waals surface area contributed by atoms with Gasteiger partial charge in [0.2, 0.25) is 0 Å². The molecule has 2 aliphatic heterocycles. The predicted octanol–water partition coefficient (Wildman–Crippen LogP) is -0.528. The van der Waals surface area contributed by atoms with E-state index in [4.69, 9.17) is 9.47 Å². The standard InChI is InChI=1S/C22H48N6O2/c1-25-12-15-27(16-13-25)10-5-11-28-17-14-26(2)22(20-28)21-30-18-4-6-23-7-8-24-9-19-29-3/h22-24H,4-21H2,1-3H3. The number of ether oxygens (including phenoxy) is 2. The van der Waals surface area contributed by atoms with Crippen LogP contribution in [-0.4, -0.2) is 152 Å². The third kappa shape index (κ3) is 11.3. The summed E-state index contributed by atoms with van der Waals surface area (Å²) in [5, 5.41) is 6.80. The van der Waals surface area contributed by atoms with Gasteiger partial charge in [-0.25, -0.2) is 0 Å². The number of nitrogens with zero attached hydrogens (tertiary/aromatic N) is 4. The molecule has 1 unspecified atom stereocenters. The summed E-state index contributed by atoms with van der Waals surface area (Å²) in [4.78, 5) is 10.2. The van der Waals surface area contributed by atoms with Gasteiger partial charge >= 0.3 is 0 Å². The topological polar surface area (TPSA) is 55.5 Å². The summed E-state index contributed by atoms with van der Waals surface area (Å²) in [6, 6.07) is 0.528. The molecule has 178 valence electrons. The SMILES string of the molecule is COCCNCCNCCCOCC1CN(CCCN2CCN(C)CC2)CCN1C. The summed E-state index contributed by atoms with van der Waals surface area (Å²) in [6.07, 6.45) is 2.36. The molecule has 2 aliphatic rings. The lowest BCUT2D eigenvalue weighted by atomic mass is 10.2. The highest BCUT2D eigenvalue weighted by molar-refractivity contribution is 4.80. The van der Waals surface area contributed by atoms with Crippen molar-refractivity contribution < 1.29 is 9.47 Å². The minimum absolute atomic E-state index is 0.528. The maximum atomic E-state index is 6.01. The number of likely N-dealkylation sites (N-methyl/N-ethyl adjacent to an activating group) is 2. The second-order valence-corrected chi connectivity index (χ2v) is 8.85. The highest BCUT2D eigenvalue weighted by atomic mass is 16.5. The molecule has 0 spiro atoms. The van der Waals surface area contributed by atoms with Gasteiger partial charge < -0.3 is 34.8 Å². The number of nitrogens with one attached hydrogen (secondary N) is 2. The van der Waals surface area contributed by atoms with Crippen LogP contribution in [0.4, 0.5) is 0 Å². The summed E-state index contributed by atoms with van der Waals surface area (Å²) >= 11 is 0. The molecule has 30 heavy (non-hydrogen) atoms. The molecule has 0 aromatic carbocycles. The minimum Gasteiger partial charge on any atom is -0.383 e. The first kappa shape index (κ1) is 25.9. The number of rotatable bonds is 16. The van der Waals surface area contributed by atoms with E-state index >= 15 is 0 Å². The average Bonchev–Trinajstić information content (AvgIpc) is 2.75. The van der Waals surface area contributed by atoms with E-state index in [2.05, 4.69) is 44.3 Å². The van der Waals surface area contributed by atoms with Gasteiger partial charge in [0.15, 0.2) is 0 Å². The third-order valence-electron chi connectivity index (χ3n) is 6.32. The van der Waals surface area contributed by atoms with Crippen LogP contribution in [0, 0.1) is 0 Å². The van der Waals surface area contributed by atoms with Gasteiger partial charge in [-0.2, -0.15) is 0 Å². The molecule has 2 N–H and O–H groups in total. The zero-order valence-electron chi connectivity index (χ0n) is 19.9. The monoisotopic (exact) mass is 428 g/mol. The van der Waals surface area contributed by atoms with Gasteiger partial charge in [0.25, 0.3) is 0 Å². The molecule has 8 nitrogen and oxygen atoms in total. The molecule has 2 saturated heterocycles. The molecule has 0 saturated carbocycles. The van der Waals surface area contributed by atoms with E-state index < -0.39 is 0 Å². The van der Waals surface area contributed by atoms with Crippen LogP contribution in [0.5, 0.6) is 0 Å². The first-order valence-corrected chi connectivity index (χ1v) is 12.0.